The first-order valence-corrected chi connectivity index (χ1v) is 8.46. The highest BCUT2D eigenvalue weighted by Gasteiger charge is 2.32. The van der Waals surface area contributed by atoms with Crippen LogP contribution < -0.4 is 25.0 Å². The molecule has 28 heavy (non-hydrogen) atoms. The van der Waals surface area contributed by atoms with Crippen LogP contribution in [0.5, 0.6) is 11.5 Å². The average molecular weight is 391 g/mol. The second kappa shape index (κ2) is 8.12. The van der Waals surface area contributed by atoms with Gasteiger partial charge in [-0.3, -0.25) is 4.79 Å². The quantitative estimate of drug-likeness (QED) is 0.822. The van der Waals surface area contributed by atoms with Crippen molar-refractivity contribution in [2.75, 3.05) is 31.0 Å². The van der Waals surface area contributed by atoms with Gasteiger partial charge in [0.1, 0.15) is 11.6 Å². The smallest absolute Gasteiger partial charge is 0.319 e. The summed E-state index contributed by atoms with van der Waals surface area (Å²) in [5.74, 6) is -0.785. The van der Waals surface area contributed by atoms with E-state index in [0.717, 1.165) is 12.1 Å². The molecule has 1 aliphatic heterocycles. The van der Waals surface area contributed by atoms with Crippen molar-refractivity contribution in [3.8, 4) is 11.5 Å². The molecule has 148 valence electrons. The second-order valence-corrected chi connectivity index (χ2v) is 6.17. The van der Waals surface area contributed by atoms with Crippen molar-refractivity contribution in [2.45, 2.75) is 12.5 Å². The number of urea groups is 1. The summed E-state index contributed by atoms with van der Waals surface area (Å²) in [6.45, 7) is 0.244. The number of nitrogens with one attached hydrogen (secondary N) is 2. The number of carbonyl (C=O) groups excluding carboxylic acids is 2. The van der Waals surface area contributed by atoms with Gasteiger partial charge in [0.25, 0.3) is 0 Å². The molecule has 0 bridgehead atoms. The first-order chi connectivity index (χ1) is 13.4. The van der Waals surface area contributed by atoms with Crippen LogP contribution in [0.3, 0.4) is 0 Å². The van der Waals surface area contributed by atoms with Gasteiger partial charge in [0.15, 0.2) is 11.5 Å². The number of rotatable bonds is 5. The van der Waals surface area contributed by atoms with E-state index < -0.39 is 23.7 Å². The third-order valence-corrected chi connectivity index (χ3v) is 4.32. The van der Waals surface area contributed by atoms with Gasteiger partial charge in [-0.1, -0.05) is 0 Å². The summed E-state index contributed by atoms with van der Waals surface area (Å²) >= 11 is 0. The van der Waals surface area contributed by atoms with Crippen LogP contribution in [0.4, 0.5) is 25.0 Å². The Morgan fingerprint density at radius 3 is 2.54 bits per heavy atom. The molecule has 1 saturated heterocycles. The standard InChI is InChI=1S/C19H19F2N3O4/c1-27-16-6-4-13(9-17(16)28-2)24-10-12(8-18(24)25)22-19(26)23-15-5-3-11(20)7-14(15)21/h3-7,9,12H,8,10H2,1-2H3,(H2,22,23,26)/t12-/m0/s1. The number of anilines is 2. The Balaban J connectivity index is 1.65. The number of nitrogens with zero attached hydrogens (tertiary/aromatic N) is 1. The molecule has 0 radical (unpaired) electrons. The van der Waals surface area contributed by atoms with Crippen molar-refractivity contribution in [1.29, 1.82) is 0 Å². The van der Waals surface area contributed by atoms with Crippen LogP contribution in [0.1, 0.15) is 6.42 Å². The maximum atomic E-state index is 13.6. The van der Waals surface area contributed by atoms with Crippen LogP contribution in [0, 0.1) is 11.6 Å². The lowest BCUT2D eigenvalue weighted by atomic mass is 10.2. The predicted octanol–water partition coefficient (Wildman–Crippen LogP) is 2.91. The number of hydrogen-bond acceptors (Lipinski definition) is 4. The van der Waals surface area contributed by atoms with E-state index in [-0.39, 0.29) is 24.6 Å². The predicted molar refractivity (Wildman–Crippen MR) is 98.8 cm³/mol. The Morgan fingerprint density at radius 1 is 1.11 bits per heavy atom. The minimum Gasteiger partial charge on any atom is -0.493 e. The van der Waals surface area contributed by atoms with E-state index in [0.29, 0.717) is 23.3 Å². The van der Waals surface area contributed by atoms with Gasteiger partial charge in [0, 0.05) is 30.8 Å². The normalized spacial score (nSPS) is 16.1. The monoisotopic (exact) mass is 391 g/mol. The lowest BCUT2D eigenvalue weighted by Gasteiger charge is -2.19. The first kappa shape index (κ1) is 19.4. The molecule has 1 heterocycles. The minimum atomic E-state index is -0.885. The van der Waals surface area contributed by atoms with Gasteiger partial charge < -0.3 is 25.0 Å². The van der Waals surface area contributed by atoms with E-state index in [2.05, 4.69) is 10.6 Å². The number of methoxy groups -OCH3 is 2. The number of carbonyl (C=O) groups is 2. The molecule has 2 aromatic rings. The fourth-order valence-electron chi connectivity index (χ4n) is 2.98. The summed E-state index contributed by atoms with van der Waals surface area (Å²) < 4.78 is 37.0. The van der Waals surface area contributed by atoms with Gasteiger partial charge in [0.2, 0.25) is 5.91 Å². The van der Waals surface area contributed by atoms with Crippen molar-refractivity contribution in [2.24, 2.45) is 0 Å². The number of hydrogen-bond donors (Lipinski definition) is 2. The Kier molecular flexibility index (Phi) is 5.62. The summed E-state index contributed by atoms with van der Waals surface area (Å²) in [7, 11) is 3.01. The van der Waals surface area contributed by atoms with Gasteiger partial charge in [-0.25, -0.2) is 13.6 Å². The molecule has 3 amide bonds. The maximum Gasteiger partial charge on any atom is 0.319 e. The molecule has 0 saturated carbocycles. The highest BCUT2D eigenvalue weighted by atomic mass is 19.1. The van der Waals surface area contributed by atoms with Crippen molar-refractivity contribution in [3.63, 3.8) is 0 Å². The molecule has 2 aromatic carbocycles. The highest BCUT2D eigenvalue weighted by molar-refractivity contribution is 5.98. The van der Waals surface area contributed by atoms with Crippen LogP contribution >= 0.6 is 0 Å². The molecule has 1 aliphatic rings. The molecule has 0 aromatic heterocycles. The van der Waals surface area contributed by atoms with E-state index in [1.807, 2.05) is 0 Å². The summed E-state index contributed by atoms with van der Waals surface area (Å²) in [4.78, 5) is 26.0. The lowest BCUT2D eigenvalue weighted by Crippen LogP contribution is -2.39. The number of benzene rings is 2. The average Bonchev–Trinajstić information content (AvgIpc) is 3.03. The van der Waals surface area contributed by atoms with Gasteiger partial charge in [0.05, 0.1) is 25.9 Å². The first-order valence-electron chi connectivity index (χ1n) is 8.46. The molecule has 3 rings (SSSR count). The fraction of sp³-hybridized carbons (Fsp3) is 0.263. The van der Waals surface area contributed by atoms with Crippen molar-refractivity contribution in [3.05, 3.63) is 48.0 Å². The summed E-state index contributed by atoms with van der Waals surface area (Å²) in [6, 6.07) is 6.76. The Morgan fingerprint density at radius 2 is 1.86 bits per heavy atom. The minimum absolute atomic E-state index is 0.0909. The number of halogens is 2. The molecular formula is C19H19F2N3O4. The zero-order chi connectivity index (χ0) is 20.3. The van der Waals surface area contributed by atoms with E-state index in [4.69, 9.17) is 9.47 Å². The van der Waals surface area contributed by atoms with Gasteiger partial charge >= 0.3 is 6.03 Å². The number of amides is 3. The third-order valence-electron chi connectivity index (χ3n) is 4.32. The highest BCUT2D eigenvalue weighted by Crippen LogP contribution is 2.33. The summed E-state index contributed by atoms with van der Waals surface area (Å²) in [6.07, 6.45) is 0.0909. The van der Waals surface area contributed by atoms with Gasteiger partial charge in [-0.2, -0.15) is 0 Å². The van der Waals surface area contributed by atoms with E-state index in [1.165, 1.54) is 19.1 Å². The SMILES string of the molecule is COc1ccc(N2C[C@@H](NC(=O)Nc3ccc(F)cc3F)CC2=O)cc1OC. The van der Waals surface area contributed by atoms with Crippen molar-refractivity contribution >= 4 is 23.3 Å². The molecule has 2 N–H and O–H groups in total. The van der Waals surface area contributed by atoms with Crippen LogP contribution in [0.25, 0.3) is 0 Å². The molecule has 1 atom stereocenters. The molecule has 7 nitrogen and oxygen atoms in total. The Bertz CT molecular complexity index is 907. The Labute approximate surface area is 160 Å². The second-order valence-electron chi connectivity index (χ2n) is 6.17. The van der Waals surface area contributed by atoms with Crippen LogP contribution in [-0.4, -0.2) is 38.7 Å². The van der Waals surface area contributed by atoms with Crippen LogP contribution in [-0.2, 0) is 4.79 Å². The van der Waals surface area contributed by atoms with Gasteiger partial charge in [-0.05, 0) is 24.3 Å². The Hall–Kier alpha value is -3.36. The van der Waals surface area contributed by atoms with Gasteiger partial charge in [-0.15, -0.1) is 0 Å². The van der Waals surface area contributed by atoms with Crippen molar-refractivity contribution < 1.29 is 27.8 Å². The molecule has 9 heteroatoms. The zero-order valence-corrected chi connectivity index (χ0v) is 15.3. The maximum absolute atomic E-state index is 13.6. The lowest BCUT2D eigenvalue weighted by molar-refractivity contribution is -0.117. The van der Waals surface area contributed by atoms with E-state index in [1.54, 1.807) is 18.2 Å². The number of ether oxygens (including phenoxy) is 2. The molecular weight excluding hydrogens is 372 g/mol. The molecule has 0 unspecified atom stereocenters. The van der Waals surface area contributed by atoms with E-state index >= 15 is 0 Å². The van der Waals surface area contributed by atoms with Crippen LogP contribution in [0.15, 0.2) is 36.4 Å². The topological polar surface area (TPSA) is 79.9 Å². The largest absolute Gasteiger partial charge is 0.493 e. The summed E-state index contributed by atoms with van der Waals surface area (Å²) in [5.41, 5.74) is 0.455. The van der Waals surface area contributed by atoms with Crippen LogP contribution in [0.2, 0.25) is 0 Å². The third kappa shape index (κ3) is 4.13. The summed E-state index contributed by atoms with van der Waals surface area (Å²) in [5, 5.41) is 4.93. The molecule has 0 spiro atoms. The molecule has 1 fully saturated rings. The zero-order valence-electron chi connectivity index (χ0n) is 15.3. The van der Waals surface area contributed by atoms with Crippen molar-refractivity contribution in [1.82, 2.24) is 5.32 Å². The van der Waals surface area contributed by atoms with E-state index in [9.17, 15) is 18.4 Å². The fourth-order valence-corrected chi connectivity index (χ4v) is 2.98. The molecule has 0 aliphatic carbocycles.